The number of Topliss-reactive ketones (excluding diaryl/α,β-unsaturated/α-hetero) is 2. The zero-order valence-electron chi connectivity index (χ0n) is 14.0. The highest BCUT2D eigenvalue weighted by Gasteiger charge is 2.23. The normalized spacial score (nSPS) is 20.6. The summed E-state index contributed by atoms with van der Waals surface area (Å²) in [6, 6.07) is 0. The quantitative estimate of drug-likeness (QED) is 0.477. The van der Waals surface area contributed by atoms with Crippen LogP contribution < -0.4 is 0 Å². The molecule has 1 fully saturated rings. The zero-order valence-corrected chi connectivity index (χ0v) is 14.0. The van der Waals surface area contributed by atoms with Crippen LogP contribution in [0.1, 0.15) is 58.8 Å². The van der Waals surface area contributed by atoms with Crippen molar-refractivity contribution in [2.75, 3.05) is 13.2 Å². The molecule has 1 saturated carbocycles. The molecule has 6 heteroatoms. The van der Waals surface area contributed by atoms with Crippen molar-refractivity contribution in [1.29, 1.82) is 0 Å². The molecule has 0 N–H and O–H groups in total. The summed E-state index contributed by atoms with van der Waals surface area (Å²) < 4.78 is 10.3. The van der Waals surface area contributed by atoms with E-state index in [-0.39, 0.29) is 36.8 Å². The number of rotatable bonds is 9. The van der Waals surface area contributed by atoms with Crippen LogP contribution >= 0.6 is 0 Å². The molecule has 1 aliphatic rings. The first-order valence-electron chi connectivity index (χ1n) is 8.17. The summed E-state index contributed by atoms with van der Waals surface area (Å²) in [6.07, 6.45) is 3.91. The van der Waals surface area contributed by atoms with E-state index in [2.05, 4.69) is 0 Å². The van der Waals surface area contributed by atoms with Gasteiger partial charge in [-0.25, -0.2) is 0 Å². The Labute approximate surface area is 136 Å². The first-order valence-corrected chi connectivity index (χ1v) is 8.17. The SMILES string of the molecule is CC(=O)CCC(=O)OCC1CCC(COC(=O)CC(C)=O)CC1. The van der Waals surface area contributed by atoms with Crippen LogP contribution in [0.5, 0.6) is 0 Å². The minimum Gasteiger partial charge on any atom is -0.465 e. The van der Waals surface area contributed by atoms with E-state index in [0.29, 0.717) is 25.0 Å². The molecule has 130 valence electrons. The topological polar surface area (TPSA) is 86.7 Å². The van der Waals surface area contributed by atoms with Crippen molar-refractivity contribution in [3.63, 3.8) is 0 Å². The number of esters is 2. The average molecular weight is 326 g/mol. The fraction of sp³-hybridized carbons (Fsp3) is 0.765. The maximum absolute atomic E-state index is 11.5. The van der Waals surface area contributed by atoms with Crippen LogP contribution in [0.3, 0.4) is 0 Å². The molecule has 0 amide bonds. The number of carbonyl (C=O) groups is 4. The molecule has 0 saturated heterocycles. The second-order valence-electron chi connectivity index (χ2n) is 6.33. The Kier molecular flexibility index (Phi) is 8.51. The molecule has 0 atom stereocenters. The second kappa shape index (κ2) is 10.1. The lowest BCUT2D eigenvalue weighted by molar-refractivity contribution is -0.149. The Morgan fingerprint density at radius 2 is 1.22 bits per heavy atom. The molecular formula is C17H26O6. The molecule has 0 aromatic heterocycles. The van der Waals surface area contributed by atoms with Crippen LogP contribution in [0.25, 0.3) is 0 Å². The van der Waals surface area contributed by atoms with E-state index in [1.54, 1.807) is 0 Å². The zero-order chi connectivity index (χ0) is 17.2. The predicted octanol–water partition coefficient (Wildman–Crippen LogP) is 2.23. The molecule has 0 heterocycles. The average Bonchev–Trinajstić information content (AvgIpc) is 2.49. The van der Waals surface area contributed by atoms with Gasteiger partial charge in [-0.1, -0.05) is 0 Å². The van der Waals surface area contributed by atoms with Crippen molar-refractivity contribution in [3.05, 3.63) is 0 Å². The van der Waals surface area contributed by atoms with E-state index in [1.807, 2.05) is 0 Å². The summed E-state index contributed by atoms with van der Waals surface area (Å²) in [4.78, 5) is 44.4. The lowest BCUT2D eigenvalue weighted by Crippen LogP contribution is -2.24. The van der Waals surface area contributed by atoms with E-state index < -0.39 is 5.97 Å². The number of carbonyl (C=O) groups excluding carboxylic acids is 4. The number of ketones is 2. The van der Waals surface area contributed by atoms with Gasteiger partial charge >= 0.3 is 11.9 Å². The minimum absolute atomic E-state index is 0.0122. The second-order valence-corrected chi connectivity index (χ2v) is 6.33. The Hall–Kier alpha value is -1.72. The smallest absolute Gasteiger partial charge is 0.313 e. The van der Waals surface area contributed by atoms with Crippen LogP contribution in [-0.2, 0) is 28.7 Å². The van der Waals surface area contributed by atoms with Gasteiger partial charge < -0.3 is 14.3 Å². The summed E-state index contributed by atoms with van der Waals surface area (Å²) in [5.41, 5.74) is 0. The van der Waals surface area contributed by atoms with E-state index >= 15 is 0 Å². The molecule has 0 bridgehead atoms. The monoisotopic (exact) mass is 326 g/mol. The molecule has 0 aliphatic heterocycles. The van der Waals surface area contributed by atoms with Gasteiger partial charge in [0.05, 0.1) is 19.6 Å². The highest BCUT2D eigenvalue weighted by molar-refractivity contribution is 5.94. The van der Waals surface area contributed by atoms with Crippen molar-refractivity contribution >= 4 is 23.5 Å². The van der Waals surface area contributed by atoms with Crippen molar-refractivity contribution in [2.45, 2.75) is 58.8 Å². The van der Waals surface area contributed by atoms with E-state index in [4.69, 9.17) is 9.47 Å². The van der Waals surface area contributed by atoms with Gasteiger partial charge in [-0.3, -0.25) is 14.4 Å². The van der Waals surface area contributed by atoms with E-state index in [1.165, 1.54) is 13.8 Å². The summed E-state index contributed by atoms with van der Waals surface area (Å²) in [5.74, 6) is -0.331. The molecule has 0 radical (unpaired) electrons. The van der Waals surface area contributed by atoms with E-state index in [0.717, 1.165) is 25.7 Å². The lowest BCUT2D eigenvalue weighted by Gasteiger charge is -2.27. The van der Waals surface area contributed by atoms with Gasteiger partial charge in [-0.05, 0) is 51.4 Å². The Morgan fingerprint density at radius 1 is 0.739 bits per heavy atom. The van der Waals surface area contributed by atoms with Crippen LogP contribution in [0.2, 0.25) is 0 Å². The Bertz CT molecular complexity index is 434. The fourth-order valence-corrected chi connectivity index (χ4v) is 2.59. The van der Waals surface area contributed by atoms with Gasteiger partial charge in [-0.2, -0.15) is 0 Å². The maximum atomic E-state index is 11.5. The van der Waals surface area contributed by atoms with Crippen molar-refractivity contribution in [3.8, 4) is 0 Å². The van der Waals surface area contributed by atoms with Crippen molar-refractivity contribution in [1.82, 2.24) is 0 Å². The van der Waals surface area contributed by atoms with Gasteiger partial charge in [0.25, 0.3) is 0 Å². The third kappa shape index (κ3) is 9.11. The number of ether oxygens (including phenoxy) is 2. The van der Waals surface area contributed by atoms with Gasteiger partial charge in [0.15, 0.2) is 0 Å². The van der Waals surface area contributed by atoms with Crippen LogP contribution in [0.15, 0.2) is 0 Å². The van der Waals surface area contributed by atoms with Crippen LogP contribution in [0, 0.1) is 11.8 Å². The summed E-state index contributed by atoms with van der Waals surface area (Å²) in [7, 11) is 0. The third-order valence-corrected chi connectivity index (χ3v) is 4.00. The molecule has 6 nitrogen and oxygen atoms in total. The predicted molar refractivity (Wildman–Crippen MR) is 82.6 cm³/mol. The van der Waals surface area contributed by atoms with Crippen LogP contribution in [0.4, 0.5) is 0 Å². The number of hydrogen-bond donors (Lipinski definition) is 0. The van der Waals surface area contributed by atoms with Gasteiger partial charge in [0, 0.05) is 6.42 Å². The highest BCUT2D eigenvalue weighted by Crippen LogP contribution is 2.29. The Balaban J connectivity index is 2.13. The standard InChI is InChI=1S/C17H26O6/c1-12(18)3-8-16(20)22-10-14-4-6-15(7-5-14)11-23-17(21)9-13(2)19/h14-15H,3-11H2,1-2H3. The molecule has 0 aromatic carbocycles. The largest absolute Gasteiger partial charge is 0.465 e. The molecule has 1 aliphatic carbocycles. The fourth-order valence-electron chi connectivity index (χ4n) is 2.59. The first-order chi connectivity index (χ1) is 10.9. The summed E-state index contributed by atoms with van der Waals surface area (Å²) in [6.45, 7) is 3.58. The molecule has 0 unspecified atom stereocenters. The van der Waals surface area contributed by atoms with Crippen molar-refractivity contribution in [2.24, 2.45) is 11.8 Å². The van der Waals surface area contributed by atoms with E-state index in [9.17, 15) is 19.2 Å². The molecule has 1 rings (SSSR count). The molecule has 23 heavy (non-hydrogen) atoms. The summed E-state index contributed by atoms with van der Waals surface area (Å²) >= 11 is 0. The lowest BCUT2D eigenvalue weighted by atomic mass is 9.83. The van der Waals surface area contributed by atoms with Gasteiger partial charge in [0.1, 0.15) is 18.0 Å². The van der Waals surface area contributed by atoms with Crippen LogP contribution in [-0.4, -0.2) is 36.7 Å². The minimum atomic E-state index is -0.459. The molecule has 0 aromatic rings. The Morgan fingerprint density at radius 3 is 1.65 bits per heavy atom. The summed E-state index contributed by atoms with van der Waals surface area (Å²) in [5, 5.41) is 0. The van der Waals surface area contributed by atoms with Gasteiger partial charge in [-0.15, -0.1) is 0 Å². The van der Waals surface area contributed by atoms with Crippen molar-refractivity contribution < 1.29 is 28.7 Å². The number of hydrogen-bond acceptors (Lipinski definition) is 6. The maximum Gasteiger partial charge on any atom is 0.313 e. The first kappa shape index (κ1) is 19.3. The molecule has 0 spiro atoms. The molecular weight excluding hydrogens is 300 g/mol. The third-order valence-electron chi connectivity index (χ3n) is 4.00. The van der Waals surface area contributed by atoms with Gasteiger partial charge in [0.2, 0.25) is 0 Å². The highest BCUT2D eigenvalue weighted by atomic mass is 16.5.